The molecule has 1 aliphatic carbocycles. The van der Waals surface area contributed by atoms with Crippen LogP contribution in [0.5, 0.6) is 0 Å². The molecule has 3 heterocycles. The van der Waals surface area contributed by atoms with E-state index in [1.807, 2.05) is 49.5 Å². The molecule has 32 heavy (non-hydrogen) atoms. The molecular formula is C20H25B3N8O. The van der Waals surface area contributed by atoms with Crippen molar-refractivity contribution in [2.45, 2.75) is 37.8 Å². The van der Waals surface area contributed by atoms with Gasteiger partial charge in [-0.15, -0.1) is 10.2 Å². The van der Waals surface area contributed by atoms with Crippen LogP contribution in [0.1, 0.15) is 46.3 Å². The number of hydrogen-bond donors (Lipinski definition) is 3. The SMILES string of the molecule is BC(B)(B)NC(=O)c1nnc(Nc2cc(C)nc(C)n2)cc1Nc1ncccc1C1CC1. The minimum atomic E-state index is -0.410. The molecule has 9 nitrogen and oxygen atoms in total. The van der Waals surface area contributed by atoms with Crippen LogP contribution in [0.2, 0.25) is 0 Å². The number of carbonyl (C=O) groups is 1. The number of carbonyl (C=O) groups excluding carboxylic acids is 1. The van der Waals surface area contributed by atoms with Crippen LogP contribution in [0.3, 0.4) is 0 Å². The molecule has 3 aromatic heterocycles. The van der Waals surface area contributed by atoms with E-state index < -0.39 is 5.24 Å². The molecule has 4 rings (SSSR count). The highest BCUT2D eigenvalue weighted by Crippen LogP contribution is 2.43. The highest BCUT2D eigenvalue weighted by molar-refractivity contribution is 6.60. The lowest BCUT2D eigenvalue weighted by atomic mass is 9.49. The predicted molar refractivity (Wildman–Crippen MR) is 132 cm³/mol. The van der Waals surface area contributed by atoms with Gasteiger partial charge in [0, 0.05) is 24.0 Å². The highest BCUT2D eigenvalue weighted by Gasteiger charge is 2.28. The highest BCUT2D eigenvalue weighted by atomic mass is 16.2. The molecule has 3 N–H and O–H groups in total. The zero-order valence-electron chi connectivity index (χ0n) is 19.0. The largest absolute Gasteiger partial charge is 0.368 e. The molecule has 0 radical (unpaired) electrons. The number of nitrogens with one attached hydrogen (secondary N) is 3. The van der Waals surface area contributed by atoms with Crippen LogP contribution < -0.4 is 16.0 Å². The first-order valence-corrected chi connectivity index (χ1v) is 10.7. The first-order valence-electron chi connectivity index (χ1n) is 10.7. The summed E-state index contributed by atoms with van der Waals surface area (Å²) in [5, 5.41) is 17.5. The molecule has 160 valence electrons. The summed E-state index contributed by atoms with van der Waals surface area (Å²) >= 11 is 0. The quantitative estimate of drug-likeness (QED) is 0.448. The van der Waals surface area contributed by atoms with Crippen LogP contribution in [-0.4, -0.2) is 59.8 Å². The third-order valence-corrected chi connectivity index (χ3v) is 4.83. The zero-order valence-corrected chi connectivity index (χ0v) is 19.0. The smallest absolute Gasteiger partial charge is 0.272 e. The van der Waals surface area contributed by atoms with E-state index in [0.29, 0.717) is 29.1 Å². The summed E-state index contributed by atoms with van der Waals surface area (Å²) in [6, 6.07) is 7.58. The molecule has 0 aromatic carbocycles. The van der Waals surface area contributed by atoms with Gasteiger partial charge in [-0.05, 0) is 49.5 Å². The fourth-order valence-corrected chi connectivity index (χ4v) is 3.40. The normalized spacial score (nSPS) is 13.4. The molecule has 12 heteroatoms. The van der Waals surface area contributed by atoms with Crippen molar-refractivity contribution in [3.05, 3.63) is 53.2 Å². The lowest BCUT2D eigenvalue weighted by molar-refractivity contribution is 0.0947. The Morgan fingerprint density at radius 3 is 2.53 bits per heavy atom. The summed E-state index contributed by atoms with van der Waals surface area (Å²) in [6.07, 6.45) is 4.03. The van der Waals surface area contributed by atoms with Gasteiger partial charge in [0.25, 0.3) is 5.91 Å². The Hall–Kier alpha value is -3.43. The summed E-state index contributed by atoms with van der Waals surface area (Å²) in [6.45, 7) is 3.73. The molecule has 3 aromatic rings. The fraction of sp³-hybridized carbons (Fsp3) is 0.300. The van der Waals surface area contributed by atoms with E-state index in [1.54, 1.807) is 12.3 Å². The fourth-order valence-electron chi connectivity index (χ4n) is 3.40. The van der Waals surface area contributed by atoms with Gasteiger partial charge in [0.1, 0.15) is 41.0 Å². The van der Waals surface area contributed by atoms with Crippen LogP contribution in [0, 0.1) is 13.8 Å². The number of hydrogen-bond acceptors (Lipinski definition) is 8. The van der Waals surface area contributed by atoms with Gasteiger partial charge in [-0.25, -0.2) is 15.0 Å². The van der Waals surface area contributed by atoms with Gasteiger partial charge < -0.3 is 16.0 Å². The van der Waals surface area contributed by atoms with Crippen LogP contribution in [0.4, 0.5) is 23.1 Å². The molecule has 1 fully saturated rings. The maximum atomic E-state index is 12.9. The van der Waals surface area contributed by atoms with Gasteiger partial charge in [-0.2, -0.15) is 0 Å². The molecule has 0 unspecified atom stereocenters. The first kappa shape index (κ1) is 21.8. The summed E-state index contributed by atoms with van der Waals surface area (Å²) in [4.78, 5) is 26.1. The maximum Gasteiger partial charge on any atom is 0.272 e. The molecule has 0 saturated heterocycles. The minimum Gasteiger partial charge on any atom is -0.368 e. The summed E-state index contributed by atoms with van der Waals surface area (Å²) in [5.74, 6) is 2.64. The van der Waals surface area contributed by atoms with Crippen LogP contribution in [0.25, 0.3) is 0 Å². The topological polar surface area (TPSA) is 118 Å². The van der Waals surface area contributed by atoms with E-state index in [4.69, 9.17) is 0 Å². The van der Waals surface area contributed by atoms with E-state index in [1.165, 1.54) is 0 Å². The number of anilines is 4. The Kier molecular flexibility index (Phi) is 5.86. The molecule has 1 amide bonds. The van der Waals surface area contributed by atoms with Crippen LogP contribution in [0.15, 0.2) is 30.5 Å². The number of rotatable bonds is 7. The van der Waals surface area contributed by atoms with Gasteiger partial charge in [-0.1, -0.05) is 6.07 Å². The summed E-state index contributed by atoms with van der Waals surface area (Å²) in [5.41, 5.74) is 2.71. The molecule has 0 bridgehead atoms. The maximum absolute atomic E-state index is 12.9. The lowest BCUT2D eigenvalue weighted by Crippen LogP contribution is -2.50. The number of aryl methyl sites for hydroxylation is 2. The Morgan fingerprint density at radius 1 is 1.06 bits per heavy atom. The van der Waals surface area contributed by atoms with E-state index in [9.17, 15) is 4.79 Å². The van der Waals surface area contributed by atoms with Crippen LogP contribution in [-0.2, 0) is 0 Å². The second-order valence-corrected chi connectivity index (χ2v) is 9.10. The van der Waals surface area contributed by atoms with E-state index in [-0.39, 0.29) is 11.6 Å². The Labute approximate surface area is 189 Å². The number of amides is 1. The average Bonchev–Trinajstić information content (AvgIpc) is 3.51. The Bertz CT molecular complexity index is 1140. The van der Waals surface area contributed by atoms with E-state index in [2.05, 4.69) is 47.2 Å². The third-order valence-electron chi connectivity index (χ3n) is 4.83. The Morgan fingerprint density at radius 2 is 1.84 bits per heavy atom. The minimum absolute atomic E-state index is 0.202. The monoisotopic (exact) mass is 426 g/mol. The van der Waals surface area contributed by atoms with Crippen LogP contribution >= 0.6 is 0 Å². The standard InChI is InChI=1S/C20H25B3N8O/c1-10-8-15(26-11(2)25-10)28-16-9-14(17(31-30-16)19(32)29-20(21,22)23)27-18-13(12-5-6-12)4-3-7-24-18/h3-4,7-9,12H,5-6,21-23H2,1-2H3,(H,29,32)(H2,24,25,26,27,28,30). The molecule has 0 atom stereocenters. The number of pyridine rings is 1. The van der Waals surface area contributed by atoms with Crippen molar-refractivity contribution in [2.75, 3.05) is 10.6 Å². The van der Waals surface area contributed by atoms with Crippen molar-refractivity contribution in [1.29, 1.82) is 0 Å². The third kappa shape index (κ3) is 5.43. The van der Waals surface area contributed by atoms with Gasteiger partial charge in [0.05, 0.1) is 5.69 Å². The molecular weight excluding hydrogens is 401 g/mol. The van der Waals surface area contributed by atoms with Crippen molar-refractivity contribution in [3.63, 3.8) is 0 Å². The second-order valence-electron chi connectivity index (χ2n) is 9.10. The van der Waals surface area contributed by atoms with Crippen molar-refractivity contribution in [2.24, 2.45) is 0 Å². The predicted octanol–water partition coefficient (Wildman–Crippen LogP) is -0.117. The van der Waals surface area contributed by atoms with Gasteiger partial charge in [-0.3, -0.25) is 4.79 Å². The summed E-state index contributed by atoms with van der Waals surface area (Å²) in [7, 11) is 5.77. The van der Waals surface area contributed by atoms with Crippen molar-refractivity contribution >= 4 is 52.6 Å². The second kappa shape index (κ2) is 8.60. The van der Waals surface area contributed by atoms with E-state index >= 15 is 0 Å². The molecule has 1 aliphatic rings. The van der Waals surface area contributed by atoms with Crippen molar-refractivity contribution < 1.29 is 4.79 Å². The number of aromatic nitrogens is 5. The van der Waals surface area contributed by atoms with Crippen molar-refractivity contribution in [3.8, 4) is 0 Å². The van der Waals surface area contributed by atoms with Gasteiger partial charge in [0.2, 0.25) is 0 Å². The van der Waals surface area contributed by atoms with Gasteiger partial charge >= 0.3 is 0 Å². The zero-order chi connectivity index (χ0) is 22.9. The average molecular weight is 426 g/mol. The molecule has 0 aliphatic heterocycles. The number of nitrogens with zero attached hydrogens (tertiary/aromatic N) is 5. The Balaban J connectivity index is 1.70. The summed E-state index contributed by atoms with van der Waals surface area (Å²) < 4.78 is 0. The first-order chi connectivity index (χ1) is 15.2. The lowest BCUT2D eigenvalue weighted by Gasteiger charge is -2.21. The van der Waals surface area contributed by atoms with Gasteiger partial charge in [0.15, 0.2) is 11.5 Å². The van der Waals surface area contributed by atoms with E-state index in [0.717, 1.165) is 29.9 Å². The van der Waals surface area contributed by atoms with Crippen molar-refractivity contribution in [1.82, 2.24) is 30.5 Å². The molecule has 0 spiro atoms. The molecule has 1 saturated carbocycles.